The second kappa shape index (κ2) is 9.70. The molecule has 0 saturated heterocycles. The first-order valence-electron chi connectivity index (χ1n) is 9.54. The molecule has 2 aromatic rings. The Balaban J connectivity index is 1.26. The van der Waals surface area contributed by atoms with E-state index < -0.39 is 32.6 Å². The quantitative estimate of drug-likeness (QED) is 0.454. The van der Waals surface area contributed by atoms with E-state index in [0.29, 0.717) is 33.0 Å². The molecule has 2 aliphatic heterocycles. The third-order valence-electron chi connectivity index (χ3n) is 4.47. The van der Waals surface area contributed by atoms with Crippen LogP contribution in [0.2, 0.25) is 10.0 Å². The maximum Gasteiger partial charge on any atom is 0.291 e. The largest absolute Gasteiger partial charge is 0.486 e. The van der Waals surface area contributed by atoms with Gasteiger partial charge in [-0.1, -0.05) is 27.3 Å². The van der Waals surface area contributed by atoms with Crippen molar-refractivity contribution in [3.63, 3.8) is 0 Å². The summed E-state index contributed by atoms with van der Waals surface area (Å²) in [7, 11) is -8.85. The summed E-state index contributed by atoms with van der Waals surface area (Å²) in [5.41, 5.74) is 0. The first-order chi connectivity index (χ1) is 15.6. The van der Waals surface area contributed by atoms with Crippen LogP contribution in [0.3, 0.4) is 0 Å². The highest BCUT2D eigenvalue weighted by Gasteiger charge is 2.27. The van der Waals surface area contributed by atoms with Gasteiger partial charge in [-0.25, -0.2) is 0 Å². The van der Waals surface area contributed by atoms with Gasteiger partial charge in [0.05, 0.1) is 13.1 Å². The van der Waals surface area contributed by atoms with Crippen molar-refractivity contribution >= 4 is 43.6 Å². The van der Waals surface area contributed by atoms with E-state index in [4.69, 9.17) is 42.1 Å². The molecule has 15 heteroatoms. The standard InChI is InChI=1S/C18H19Cl2N3O8S2/c19-11-1-3-15-17(5-11)28-9-13(30-15)7-21-32(24,25)23-33(26,27)22-8-14-10-29-18-6-12(20)2-4-16(18)31-14/h1-6,13-14,21-23H,7-10H2/t13-,14+. The van der Waals surface area contributed by atoms with Crippen molar-refractivity contribution in [2.75, 3.05) is 26.3 Å². The van der Waals surface area contributed by atoms with Gasteiger partial charge in [-0.3, -0.25) is 0 Å². The summed E-state index contributed by atoms with van der Waals surface area (Å²) in [6, 6.07) is 9.54. The maximum absolute atomic E-state index is 12.2. The fourth-order valence-electron chi connectivity index (χ4n) is 2.99. The summed E-state index contributed by atoms with van der Waals surface area (Å²) in [5.74, 6) is 1.67. The number of hydrogen-bond donors (Lipinski definition) is 3. The molecule has 33 heavy (non-hydrogen) atoms. The Bertz CT molecular complexity index is 1150. The number of fused-ring (bicyclic) bond motifs is 2. The second-order valence-electron chi connectivity index (χ2n) is 7.07. The third-order valence-corrected chi connectivity index (χ3v) is 7.79. The average Bonchev–Trinajstić information content (AvgIpc) is 2.75. The molecule has 0 saturated carbocycles. The Morgan fingerprint density at radius 1 is 0.727 bits per heavy atom. The fraction of sp³-hybridized carbons (Fsp3) is 0.333. The summed E-state index contributed by atoms with van der Waals surface area (Å²) >= 11 is 11.8. The van der Waals surface area contributed by atoms with E-state index >= 15 is 0 Å². The van der Waals surface area contributed by atoms with Gasteiger partial charge in [0.1, 0.15) is 25.4 Å². The van der Waals surface area contributed by atoms with Gasteiger partial charge in [0.2, 0.25) is 0 Å². The zero-order chi connectivity index (χ0) is 23.6. The van der Waals surface area contributed by atoms with E-state index in [1.807, 2.05) is 0 Å². The van der Waals surface area contributed by atoms with E-state index in [1.54, 1.807) is 40.5 Å². The predicted octanol–water partition coefficient (Wildman–Crippen LogP) is 1.23. The highest BCUT2D eigenvalue weighted by molar-refractivity contribution is 8.02. The Morgan fingerprint density at radius 2 is 1.15 bits per heavy atom. The average molecular weight is 540 g/mol. The Hall–Kier alpha value is -2.00. The van der Waals surface area contributed by atoms with Gasteiger partial charge >= 0.3 is 0 Å². The molecule has 0 fully saturated rings. The molecule has 2 atom stereocenters. The monoisotopic (exact) mass is 539 g/mol. The molecule has 2 aromatic carbocycles. The first kappa shape index (κ1) is 24.1. The lowest BCUT2D eigenvalue weighted by atomic mass is 10.2. The minimum Gasteiger partial charge on any atom is -0.486 e. The molecule has 0 aromatic heterocycles. The van der Waals surface area contributed by atoms with E-state index in [-0.39, 0.29) is 26.3 Å². The van der Waals surface area contributed by atoms with Crippen LogP contribution in [0.5, 0.6) is 23.0 Å². The zero-order valence-corrected chi connectivity index (χ0v) is 19.9. The number of halogens is 2. The molecule has 0 unspecified atom stereocenters. The molecule has 180 valence electrons. The SMILES string of the molecule is O=S(=O)(NC[C@@H]1COc2cc(Cl)ccc2O1)NS(=O)(=O)NC[C@H]1COc2cc(Cl)ccc2O1. The molecule has 4 rings (SSSR count). The van der Waals surface area contributed by atoms with E-state index in [0.717, 1.165) is 0 Å². The number of rotatable bonds is 8. The first-order valence-corrected chi connectivity index (χ1v) is 13.3. The summed E-state index contributed by atoms with van der Waals surface area (Å²) in [6.07, 6.45) is -1.35. The number of nitrogens with one attached hydrogen (secondary N) is 3. The summed E-state index contributed by atoms with van der Waals surface area (Å²) in [5, 5.41) is 0.939. The van der Waals surface area contributed by atoms with Crippen LogP contribution in [0, 0.1) is 0 Å². The van der Waals surface area contributed by atoms with Gasteiger partial charge < -0.3 is 18.9 Å². The van der Waals surface area contributed by atoms with Crippen molar-refractivity contribution in [3.05, 3.63) is 46.4 Å². The van der Waals surface area contributed by atoms with Crippen molar-refractivity contribution in [2.24, 2.45) is 0 Å². The van der Waals surface area contributed by atoms with Crippen LogP contribution >= 0.6 is 23.2 Å². The topological polar surface area (TPSA) is 141 Å². The molecule has 0 spiro atoms. The van der Waals surface area contributed by atoms with Crippen LogP contribution in [0.1, 0.15) is 0 Å². The summed E-state index contributed by atoms with van der Waals surface area (Å²) in [6.45, 7) is -0.364. The van der Waals surface area contributed by atoms with Crippen molar-refractivity contribution in [3.8, 4) is 23.0 Å². The summed E-state index contributed by atoms with van der Waals surface area (Å²) < 4.78 is 76.9. The van der Waals surface area contributed by atoms with Crippen LogP contribution in [-0.2, 0) is 20.4 Å². The molecule has 0 bridgehead atoms. The van der Waals surface area contributed by atoms with Crippen molar-refractivity contribution in [1.82, 2.24) is 13.6 Å². The second-order valence-corrected chi connectivity index (χ2v) is 11.2. The van der Waals surface area contributed by atoms with Crippen LogP contribution in [0.25, 0.3) is 0 Å². The predicted molar refractivity (Wildman–Crippen MR) is 120 cm³/mol. The van der Waals surface area contributed by atoms with Gasteiger partial charge in [0.25, 0.3) is 20.4 Å². The van der Waals surface area contributed by atoms with Crippen molar-refractivity contribution in [1.29, 1.82) is 0 Å². The highest BCUT2D eigenvalue weighted by Crippen LogP contribution is 2.34. The molecular formula is C18H19Cl2N3O8S2. The molecule has 0 amide bonds. The number of hydrogen-bond acceptors (Lipinski definition) is 8. The Kier molecular flexibility index (Phi) is 7.09. The van der Waals surface area contributed by atoms with Gasteiger partial charge in [-0.2, -0.15) is 26.3 Å². The van der Waals surface area contributed by atoms with Crippen LogP contribution in [0.4, 0.5) is 0 Å². The Labute approximate surface area is 200 Å². The van der Waals surface area contributed by atoms with Gasteiger partial charge in [-0.15, -0.1) is 0 Å². The minimum absolute atomic E-state index is 0.0482. The van der Waals surface area contributed by atoms with Gasteiger partial charge in [0.15, 0.2) is 23.0 Å². The fourth-order valence-corrected chi connectivity index (χ4v) is 5.75. The molecule has 0 radical (unpaired) electrons. The maximum atomic E-state index is 12.2. The number of benzene rings is 2. The molecule has 2 heterocycles. The molecule has 11 nitrogen and oxygen atoms in total. The molecule has 2 aliphatic rings. The van der Waals surface area contributed by atoms with Crippen molar-refractivity contribution < 1.29 is 35.8 Å². The normalized spacial score (nSPS) is 19.8. The lowest BCUT2D eigenvalue weighted by molar-refractivity contribution is 0.0941. The highest BCUT2D eigenvalue weighted by atomic mass is 35.5. The van der Waals surface area contributed by atoms with Crippen LogP contribution < -0.4 is 32.5 Å². The van der Waals surface area contributed by atoms with E-state index in [2.05, 4.69) is 9.44 Å². The van der Waals surface area contributed by atoms with Crippen LogP contribution in [0.15, 0.2) is 36.4 Å². The van der Waals surface area contributed by atoms with E-state index in [9.17, 15) is 16.8 Å². The van der Waals surface area contributed by atoms with Gasteiger partial charge in [0, 0.05) is 22.2 Å². The smallest absolute Gasteiger partial charge is 0.291 e. The minimum atomic E-state index is -4.42. The molecular weight excluding hydrogens is 521 g/mol. The molecule has 3 N–H and O–H groups in total. The lowest BCUT2D eigenvalue weighted by Gasteiger charge is -2.27. The van der Waals surface area contributed by atoms with Gasteiger partial charge in [-0.05, 0) is 24.3 Å². The number of ether oxygens (including phenoxy) is 4. The lowest BCUT2D eigenvalue weighted by Crippen LogP contribution is -2.51. The van der Waals surface area contributed by atoms with Crippen LogP contribution in [-0.4, -0.2) is 55.3 Å². The molecule has 0 aliphatic carbocycles. The third kappa shape index (κ3) is 6.53. The zero-order valence-electron chi connectivity index (χ0n) is 16.8. The summed E-state index contributed by atoms with van der Waals surface area (Å²) in [4.78, 5) is 0. The Morgan fingerprint density at radius 3 is 1.58 bits per heavy atom. The van der Waals surface area contributed by atoms with Crippen molar-refractivity contribution in [2.45, 2.75) is 12.2 Å². The van der Waals surface area contributed by atoms with E-state index in [1.165, 1.54) is 0 Å².